The molecule has 0 heterocycles. The quantitative estimate of drug-likeness (QED) is 0.481. The number of alkyl halides is 6. The molecule has 0 aliphatic heterocycles. The highest BCUT2D eigenvalue weighted by molar-refractivity contribution is 5.74. The van der Waals surface area contributed by atoms with Crippen molar-refractivity contribution in [2.75, 3.05) is 0 Å². The van der Waals surface area contributed by atoms with E-state index in [4.69, 9.17) is 9.84 Å². The normalized spacial score (nSPS) is 26.2. The van der Waals surface area contributed by atoms with Crippen LogP contribution in [0.15, 0.2) is 11.6 Å². The summed E-state index contributed by atoms with van der Waals surface area (Å²) in [6.45, 7) is 0.910. The van der Waals surface area contributed by atoms with E-state index in [9.17, 15) is 31.1 Å². The van der Waals surface area contributed by atoms with Crippen LogP contribution in [0.25, 0.3) is 0 Å². The van der Waals surface area contributed by atoms with E-state index >= 15 is 0 Å². The van der Waals surface area contributed by atoms with Crippen molar-refractivity contribution < 1.29 is 41.0 Å². The van der Waals surface area contributed by atoms with Gasteiger partial charge in [-0.05, 0) is 32.1 Å². The molecule has 0 aromatic carbocycles. The summed E-state index contributed by atoms with van der Waals surface area (Å²) in [5.74, 6) is -1.33. The summed E-state index contributed by atoms with van der Waals surface area (Å²) in [6, 6.07) is 0. The van der Waals surface area contributed by atoms with Gasteiger partial charge in [-0.2, -0.15) is 26.3 Å². The summed E-state index contributed by atoms with van der Waals surface area (Å²) in [7, 11) is 0. The highest BCUT2D eigenvalue weighted by Gasteiger charge is 2.70. The van der Waals surface area contributed by atoms with E-state index in [1.54, 1.807) is 0 Å². The zero-order valence-electron chi connectivity index (χ0n) is 12.2. The van der Waals surface area contributed by atoms with E-state index in [0.29, 0.717) is 19.3 Å². The fourth-order valence-corrected chi connectivity index (χ4v) is 3.16. The SMILES string of the molecule is CC(CC(O)(C(F)(F)F)C(F)(F)F)OC(=O)C1CC2=CCC1C2. The molecule has 23 heavy (non-hydrogen) atoms. The standard InChI is InChI=1S/C14H16F6O3/c1-7(6-12(22,13(15,16)17)14(18,19)20)23-11(21)10-5-8-2-3-9(10)4-8/h2,7,9-10,22H,3-6H2,1H3. The first-order valence-electron chi connectivity index (χ1n) is 7.09. The van der Waals surface area contributed by atoms with Crippen molar-refractivity contribution in [3.05, 3.63) is 11.6 Å². The molecule has 3 unspecified atom stereocenters. The van der Waals surface area contributed by atoms with E-state index < -0.39 is 42.4 Å². The third-order valence-corrected chi connectivity index (χ3v) is 4.43. The number of allylic oxidation sites excluding steroid dienone is 2. The smallest absolute Gasteiger partial charge is 0.426 e. The van der Waals surface area contributed by atoms with Crippen LogP contribution in [0.4, 0.5) is 26.3 Å². The molecule has 9 heteroatoms. The highest BCUT2D eigenvalue weighted by Crippen LogP contribution is 2.47. The van der Waals surface area contributed by atoms with Gasteiger partial charge < -0.3 is 9.84 Å². The van der Waals surface area contributed by atoms with Crippen LogP contribution < -0.4 is 0 Å². The third-order valence-electron chi connectivity index (χ3n) is 4.43. The Balaban J connectivity index is 2.01. The topological polar surface area (TPSA) is 46.5 Å². The second-order valence-corrected chi connectivity index (χ2v) is 6.18. The number of fused-ring (bicyclic) bond motifs is 2. The maximum atomic E-state index is 12.6. The fourth-order valence-electron chi connectivity index (χ4n) is 3.16. The van der Waals surface area contributed by atoms with E-state index in [-0.39, 0.29) is 5.92 Å². The van der Waals surface area contributed by atoms with Crippen LogP contribution in [0, 0.1) is 11.8 Å². The van der Waals surface area contributed by atoms with Gasteiger partial charge in [0.05, 0.1) is 5.92 Å². The number of hydrogen-bond donors (Lipinski definition) is 1. The van der Waals surface area contributed by atoms with Crippen LogP contribution in [0.5, 0.6) is 0 Å². The van der Waals surface area contributed by atoms with Gasteiger partial charge >= 0.3 is 18.3 Å². The summed E-state index contributed by atoms with van der Waals surface area (Å²) in [4.78, 5) is 11.9. The predicted octanol–water partition coefficient (Wildman–Crippen LogP) is 3.52. The minimum Gasteiger partial charge on any atom is -0.462 e. The summed E-state index contributed by atoms with van der Waals surface area (Å²) < 4.78 is 80.4. The first-order valence-corrected chi connectivity index (χ1v) is 7.09. The van der Waals surface area contributed by atoms with Crippen molar-refractivity contribution in [1.82, 2.24) is 0 Å². The summed E-state index contributed by atoms with van der Waals surface area (Å²) in [6.07, 6.45) is -11.5. The Labute approximate surface area is 128 Å². The first kappa shape index (κ1) is 18.1. The minimum absolute atomic E-state index is 0.00816. The van der Waals surface area contributed by atoms with Crippen LogP contribution >= 0.6 is 0 Å². The third kappa shape index (κ3) is 3.34. The minimum atomic E-state index is -5.91. The Bertz CT molecular complexity index is 494. The molecule has 2 rings (SSSR count). The van der Waals surface area contributed by atoms with Gasteiger partial charge in [-0.25, -0.2) is 0 Å². The van der Waals surface area contributed by atoms with E-state index in [1.165, 1.54) is 0 Å². The van der Waals surface area contributed by atoms with E-state index in [0.717, 1.165) is 12.5 Å². The lowest BCUT2D eigenvalue weighted by Crippen LogP contribution is -2.58. The molecule has 0 saturated heterocycles. The number of carbonyl (C=O) groups excluding carboxylic acids is 1. The van der Waals surface area contributed by atoms with Crippen molar-refractivity contribution in [2.24, 2.45) is 11.8 Å². The van der Waals surface area contributed by atoms with Gasteiger partial charge in [-0.3, -0.25) is 4.79 Å². The molecule has 2 aliphatic carbocycles. The molecule has 0 aromatic rings. The molecule has 0 spiro atoms. The Kier molecular flexibility index (Phi) is 4.47. The van der Waals surface area contributed by atoms with Crippen LogP contribution in [-0.4, -0.2) is 35.1 Å². The zero-order chi connectivity index (χ0) is 17.6. The molecule has 0 radical (unpaired) electrons. The maximum Gasteiger partial charge on any atom is 0.426 e. The first-order chi connectivity index (χ1) is 10.3. The van der Waals surface area contributed by atoms with Gasteiger partial charge in [0.25, 0.3) is 5.60 Å². The Morgan fingerprint density at radius 1 is 1.26 bits per heavy atom. The molecule has 1 N–H and O–H groups in total. The summed E-state index contributed by atoms with van der Waals surface area (Å²) in [5, 5.41) is 9.09. The van der Waals surface area contributed by atoms with E-state index in [2.05, 4.69) is 0 Å². The Hall–Kier alpha value is -1.25. The van der Waals surface area contributed by atoms with Crippen molar-refractivity contribution in [3.8, 4) is 0 Å². The molecule has 0 aromatic heterocycles. The van der Waals surface area contributed by atoms with Crippen molar-refractivity contribution in [2.45, 2.75) is 56.7 Å². The Morgan fingerprint density at radius 3 is 2.22 bits per heavy atom. The van der Waals surface area contributed by atoms with Crippen LogP contribution in [-0.2, 0) is 9.53 Å². The lowest BCUT2D eigenvalue weighted by atomic mass is 9.91. The number of hydrogen-bond acceptors (Lipinski definition) is 3. The molecular formula is C14H16F6O3. The van der Waals surface area contributed by atoms with Gasteiger partial charge in [0.2, 0.25) is 0 Å². The monoisotopic (exact) mass is 346 g/mol. The molecule has 1 saturated carbocycles. The zero-order valence-corrected chi connectivity index (χ0v) is 12.2. The van der Waals surface area contributed by atoms with E-state index in [1.807, 2.05) is 6.08 Å². The maximum absolute atomic E-state index is 12.6. The average molecular weight is 346 g/mol. The number of carbonyl (C=O) groups is 1. The summed E-state index contributed by atoms with van der Waals surface area (Å²) in [5.41, 5.74) is -3.84. The largest absolute Gasteiger partial charge is 0.462 e. The van der Waals surface area contributed by atoms with Gasteiger partial charge in [0, 0.05) is 6.42 Å². The second kappa shape index (κ2) is 5.68. The average Bonchev–Trinajstić information content (AvgIpc) is 2.97. The van der Waals surface area contributed by atoms with Crippen LogP contribution in [0.3, 0.4) is 0 Å². The van der Waals surface area contributed by atoms with Crippen molar-refractivity contribution in [3.63, 3.8) is 0 Å². The highest BCUT2D eigenvalue weighted by atomic mass is 19.4. The molecule has 2 bridgehead atoms. The van der Waals surface area contributed by atoms with Gasteiger partial charge in [-0.15, -0.1) is 0 Å². The molecule has 2 aliphatic rings. The number of ether oxygens (including phenoxy) is 1. The number of rotatable bonds is 4. The van der Waals surface area contributed by atoms with Gasteiger partial charge in [-0.1, -0.05) is 11.6 Å². The molecule has 132 valence electrons. The molecule has 0 amide bonds. The van der Waals surface area contributed by atoms with Gasteiger partial charge in [0.1, 0.15) is 6.10 Å². The predicted molar refractivity (Wildman–Crippen MR) is 66.1 cm³/mol. The molecule has 1 fully saturated rings. The summed E-state index contributed by atoms with van der Waals surface area (Å²) >= 11 is 0. The van der Waals surface area contributed by atoms with Crippen molar-refractivity contribution >= 4 is 5.97 Å². The molecule has 3 atom stereocenters. The lowest BCUT2D eigenvalue weighted by Gasteiger charge is -2.34. The van der Waals surface area contributed by atoms with Gasteiger partial charge in [0.15, 0.2) is 0 Å². The Morgan fingerprint density at radius 2 is 1.83 bits per heavy atom. The second-order valence-electron chi connectivity index (χ2n) is 6.18. The fraction of sp³-hybridized carbons (Fsp3) is 0.786. The number of aliphatic hydroxyl groups is 1. The molecule has 3 nitrogen and oxygen atoms in total. The van der Waals surface area contributed by atoms with Crippen molar-refractivity contribution in [1.29, 1.82) is 0 Å². The number of esters is 1. The van der Waals surface area contributed by atoms with Crippen LogP contribution in [0.1, 0.15) is 32.6 Å². The number of halogens is 6. The lowest BCUT2D eigenvalue weighted by molar-refractivity contribution is -0.373. The van der Waals surface area contributed by atoms with Crippen LogP contribution in [0.2, 0.25) is 0 Å². The molecular weight excluding hydrogens is 330 g/mol.